The predicted molar refractivity (Wildman–Crippen MR) is 93.6 cm³/mol. The monoisotopic (exact) mass is 422 g/mol. The number of carboxylic acid groups (broad SMARTS) is 1. The van der Waals surface area contributed by atoms with Gasteiger partial charge in [-0.05, 0) is 31.4 Å². The Bertz CT molecular complexity index is 651. The first-order chi connectivity index (χ1) is 10.3. The molecule has 1 unspecified atom stereocenters. The number of hydrogen-bond acceptors (Lipinski definition) is 5. The maximum absolute atomic E-state index is 12.6. The fourth-order valence-electron chi connectivity index (χ4n) is 2.44. The van der Waals surface area contributed by atoms with Gasteiger partial charge in [0.15, 0.2) is 0 Å². The van der Waals surface area contributed by atoms with E-state index in [0.717, 1.165) is 24.2 Å². The average Bonchev–Trinajstić information content (AvgIpc) is 2.78. The summed E-state index contributed by atoms with van der Waals surface area (Å²) < 4.78 is 27.1. The van der Waals surface area contributed by atoms with Crippen LogP contribution in [0.2, 0.25) is 8.67 Å². The molecule has 0 radical (unpaired) electrons. The van der Waals surface area contributed by atoms with Gasteiger partial charge in [-0.25, -0.2) is 8.42 Å². The van der Waals surface area contributed by atoms with Gasteiger partial charge in [0.1, 0.15) is 9.23 Å². The highest BCUT2D eigenvalue weighted by Gasteiger charge is 2.32. The zero-order valence-electron chi connectivity index (χ0n) is 12.0. The molecule has 1 aromatic rings. The average molecular weight is 424 g/mol. The Labute approximate surface area is 155 Å². The van der Waals surface area contributed by atoms with Crippen molar-refractivity contribution < 1.29 is 18.3 Å². The zero-order chi connectivity index (χ0) is 16.3. The largest absolute Gasteiger partial charge is 0.480 e. The molecule has 23 heavy (non-hydrogen) atoms. The van der Waals surface area contributed by atoms with E-state index >= 15 is 0 Å². The molecule has 1 aromatic heterocycles. The van der Waals surface area contributed by atoms with E-state index in [1.165, 1.54) is 10.4 Å². The summed E-state index contributed by atoms with van der Waals surface area (Å²) in [6, 6.07) is 1.37. The van der Waals surface area contributed by atoms with Gasteiger partial charge in [-0.3, -0.25) is 4.79 Å². The number of thiophene rings is 1. The number of aliphatic carboxylic acids is 1. The summed E-state index contributed by atoms with van der Waals surface area (Å²) >= 11 is 12.8. The van der Waals surface area contributed by atoms with Crippen molar-refractivity contribution in [2.24, 2.45) is 5.92 Å². The molecule has 1 atom stereocenters. The standard InChI is InChI=1S/C12H16Cl2N2O4S2.ClH/c13-10-4-9(12(14)21-10)22(19,20)16-3-1-2-8(7-16)5-15-6-11(17)18;/h4,8,15H,1-3,5-7H2,(H,17,18);1H. The lowest BCUT2D eigenvalue weighted by Crippen LogP contribution is -2.43. The highest BCUT2D eigenvalue weighted by Crippen LogP contribution is 2.36. The first-order valence-electron chi connectivity index (χ1n) is 6.68. The number of carbonyl (C=O) groups is 1. The van der Waals surface area contributed by atoms with Crippen LogP contribution in [0.25, 0.3) is 0 Å². The van der Waals surface area contributed by atoms with Gasteiger partial charge in [-0.1, -0.05) is 23.2 Å². The SMILES string of the molecule is Cl.O=C(O)CNCC1CCCN(S(=O)(=O)c2cc(Cl)sc2Cl)C1. The first-order valence-corrected chi connectivity index (χ1v) is 9.69. The summed E-state index contributed by atoms with van der Waals surface area (Å²) in [7, 11) is -3.66. The van der Waals surface area contributed by atoms with Crippen LogP contribution in [0.1, 0.15) is 12.8 Å². The van der Waals surface area contributed by atoms with Crippen molar-refractivity contribution >= 4 is 62.9 Å². The molecular formula is C12H17Cl3N2O4S2. The molecule has 0 spiro atoms. The summed E-state index contributed by atoms with van der Waals surface area (Å²) in [5.74, 6) is -0.851. The number of sulfonamides is 1. The van der Waals surface area contributed by atoms with Gasteiger partial charge < -0.3 is 10.4 Å². The summed E-state index contributed by atoms with van der Waals surface area (Å²) in [5, 5.41) is 11.4. The summed E-state index contributed by atoms with van der Waals surface area (Å²) in [5.41, 5.74) is 0. The van der Waals surface area contributed by atoms with E-state index in [1.54, 1.807) is 0 Å². The Hall–Kier alpha value is -0.0900. The highest BCUT2D eigenvalue weighted by atomic mass is 35.5. The van der Waals surface area contributed by atoms with Gasteiger partial charge >= 0.3 is 5.97 Å². The van der Waals surface area contributed by atoms with Gasteiger partial charge in [0.05, 0.1) is 10.9 Å². The van der Waals surface area contributed by atoms with Gasteiger partial charge in [0.25, 0.3) is 0 Å². The smallest absolute Gasteiger partial charge is 0.317 e. The van der Waals surface area contributed by atoms with Gasteiger partial charge in [-0.2, -0.15) is 4.31 Å². The maximum atomic E-state index is 12.6. The van der Waals surface area contributed by atoms with Crippen LogP contribution in [0.15, 0.2) is 11.0 Å². The summed E-state index contributed by atoms with van der Waals surface area (Å²) in [4.78, 5) is 10.5. The molecule has 1 aliphatic rings. The lowest BCUT2D eigenvalue weighted by Gasteiger charge is -2.31. The van der Waals surface area contributed by atoms with E-state index in [0.29, 0.717) is 24.0 Å². The molecule has 1 aliphatic heterocycles. The van der Waals surface area contributed by atoms with Crippen molar-refractivity contribution in [2.45, 2.75) is 17.7 Å². The number of rotatable bonds is 6. The van der Waals surface area contributed by atoms with Crippen molar-refractivity contribution in [3.05, 3.63) is 14.7 Å². The normalized spacial score (nSPS) is 19.3. The molecule has 0 aromatic carbocycles. The van der Waals surface area contributed by atoms with Crippen molar-refractivity contribution in [3.8, 4) is 0 Å². The molecule has 2 N–H and O–H groups in total. The van der Waals surface area contributed by atoms with E-state index < -0.39 is 16.0 Å². The molecule has 0 saturated carbocycles. The molecule has 6 nitrogen and oxygen atoms in total. The molecule has 1 saturated heterocycles. The second kappa shape index (κ2) is 8.84. The number of nitrogens with zero attached hydrogens (tertiary/aromatic N) is 1. The second-order valence-corrected chi connectivity index (χ2v) is 9.28. The molecule has 2 heterocycles. The quantitative estimate of drug-likeness (QED) is 0.734. The maximum Gasteiger partial charge on any atom is 0.317 e. The van der Waals surface area contributed by atoms with Crippen LogP contribution in [0.3, 0.4) is 0 Å². The van der Waals surface area contributed by atoms with Gasteiger partial charge in [0, 0.05) is 13.1 Å². The molecule has 11 heteroatoms. The van der Waals surface area contributed by atoms with Crippen LogP contribution in [0.4, 0.5) is 0 Å². The predicted octanol–water partition coefficient (Wildman–Crippen LogP) is 2.55. The molecular weight excluding hydrogens is 407 g/mol. The Kier molecular flexibility index (Phi) is 8.06. The van der Waals surface area contributed by atoms with E-state index in [4.69, 9.17) is 28.3 Å². The highest BCUT2D eigenvalue weighted by molar-refractivity contribution is 7.89. The lowest BCUT2D eigenvalue weighted by atomic mass is 10.00. The zero-order valence-corrected chi connectivity index (χ0v) is 16.0. The Morgan fingerprint density at radius 1 is 1.48 bits per heavy atom. The molecule has 132 valence electrons. The van der Waals surface area contributed by atoms with Crippen molar-refractivity contribution in [1.29, 1.82) is 0 Å². The van der Waals surface area contributed by atoms with Crippen LogP contribution < -0.4 is 5.32 Å². The third-order valence-corrected chi connectivity index (χ3v) is 7.05. The van der Waals surface area contributed by atoms with E-state index in [-0.39, 0.29) is 34.1 Å². The summed E-state index contributed by atoms with van der Waals surface area (Å²) in [6.07, 6.45) is 1.59. The van der Waals surface area contributed by atoms with Crippen LogP contribution in [0, 0.1) is 5.92 Å². The number of carboxylic acids is 1. The number of halogens is 3. The Morgan fingerprint density at radius 2 is 2.17 bits per heavy atom. The van der Waals surface area contributed by atoms with Gasteiger partial charge in [0.2, 0.25) is 10.0 Å². The van der Waals surface area contributed by atoms with Gasteiger partial charge in [-0.15, -0.1) is 23.7 Å². The van der Waals surface area contributed by atoms with Crippen molar-refractivity contribution in [2.75, 3.05) is 26.2 Å². The first kappa shape index (κ1) is 21.0. The second-order valence-electron chi connectivity index (χ2n) is 5.08. The number of nitrogens with one attached hydrogen (secondary N) is 1. The minimum atomic E-state index is -3.66. The van der Waals surface area contributed by atoms with Crippen LogP contribution in [-0.4, -0.2) is 50.0 Å². The molecule has 2 rings (SSSR count). The van der Waals surface area contributed by atoms with Crippen LogP contribution >= 0.6 is 46.9 Å². The van der Waals surface area contributed by atoms with E-state index in [9.17, 15) is 13.2 Å². The third-order valence-electron chi connectivity index (χ3n) is 3.43. The van der Waals surface area contributed by atoms with E-state index in [2.05, 4.69) is 5.32 Å². The minimum absolute atomic E-state index is 0. The third kappa shape index (κ3) is 5.45. The Balaban J connectivity index is 0.00000264. The fraction of sp³-hybridized carbons (Fsp3) is 0.583. The van der Waals surface area contributed by atoms with Crippen LogP contribution in [0.5, 0.6) is 0 Å². The van der Waals surface area contributed by atoms with Crippen molar-refractivity contribution in [1.82, 2.24) is 9.62 Å². The molecule has 0 amide bonds. The van der Waals surface area contributed by atoms with Crippen molar-refractivity contribution in [3.63, 3.8) is 0 Å². The lowest BCUT2D eigenvalue weighted by molar-refractivity contribution is -0.136. The molecule has 0 bridgehead atoms. The topological polar surface area (TPSA) is 86.7 Å². The number of piperidine rings is 1. The molecule has 1 fully saturated rings. The summed E-state index contributed by atoms with van der Waals surface area (Å²) in [6.45, 7) is 1.12. The van der Waals surface area contributed by atoms with E-state index in [1.807, 2.05) is 0 Å². The Morgan fingerprint density at radius 3 is 2.74 bits per heavy atom. The minimum Gasteiger partial charge on any atom is -0.480 e. The molecule has 0 aliphatic carbocycles. The fourth-order valence-corrected chi connectivity index (χ4v) is 6.10. The van der Waals surface area contributed by atoms with Crippen LogP contribution in [-0.2, 0) is 14.8 Å². The number of hydrogen-bond donors (Lipinski definition) is 2.